The van der Waals surface area contributed by atoms with Crippen LogP contribution in [0.1, 0.15) is 15.3 Å². The minimum absolute atomic E-state index is 0.0105. The zero-order valence-corrected chi connectivity index (χ0v) is 17.0. The van der Waals surface area contributed by atoms with Crippen molar-refractivity contribution < 1.29 is 9.53 Å². The standard InChI is InChI=1S/C20H21N3O2S2/c1-13-19(14-3-5-16(25-2)6-4-14)22-20(27-13)21-18(24)12-23-9-7-17-15(11-23)8-10-26-17/h3-6,8,10H,7,9,11-12H2,1-2H3,(H,21,22,24). The lowest BCUT2D eigenvalue weighted by molar-refractivity contribution is -0.117. The van der Waals surface area contributed by atoms with E-state index in [4.69, 9.17) is 4.74 Å². The van der Waals surface area contributed by atoms with E-state index in [1.54, 1.807) is 7.11 Å². The smallest absolute Gasteiger partial charge is 0.240 e. The maximum Gasteiger partial charge on any atom is 0.240 e. The molecule has 4 rings (SSSR count). The van der Waals surface area contributed by atoms with Gasteiger partial charge in [0, 0.05) is 28.4 Å². The quantitative estimate of drug-likeness (QED) is 0.699. The highest BCUT2D eigenvalue weighted by atomic mass is 32.1. The maximum atomic E-state index is 12.5. The van der Waals surface area contributed by atoms with E-state index in [1.807, 2.05) is 42.5 Å². The molecule has 0 atom stereocenters. The van der Waals surface area contributed by atoms with E-state index >= 15 is 0 Å². The molecule has 3 aromatic rings. The first-order chi connectivity index (χ1) is 13.1. The minimum atomic E-state index is -0.0105. The number of hydrogen-bond acceptors (Lipinski definition) is 6. The van der Waals surface area contributed by atoms with Gasteiger partial charge < -0.3 is 10.1 Å². The number of carbonyl (C=O) groups is 1. The third kappa shape index (κ3) is 4.05. The maximum absolute atomic E-state index is 12.5. The fraction of sp³-hybridized carbons (Fsp3) is 0.300. The van der Waals surface area contributed by atoms with Crippen molar-refractivity contribution in [3.05, 3.63) is 51.0 Å². The summed E-state index contributed by atoms with van der Waals surface area (Å²) in [6.07, 6.45) is 1.03. The van der Waals surface area contributed by atoms with E-state index < -0.39 is 0 Å². The van der Waals surface area contributed by atoms with Crippen LogP contribution in [0.2, 0.25) is 0 Å². The molecule has 1 aliphatic heterocycles. The first-order valence-electron chi connectivity index (χ1n) is 8.81. The van der Waals surface area contributed by atoms with Crippen molar-refractivity contribution in [3.8, 4) is 17.0 Å². The molecule has 1 aromatic carbocycles. The average molecular weight is 400 g/mol. The van der Waals surface area contributed by atoms with Gasteiger partial charge in [-0.1, -0.05) is 0 Å². The topological polar surface area (TPSA) is 54.5 Å². The Morgan fingerprint density at radius 3 is 2.89 bits per heavy atom. The Morgan fingerprint density at radius 2 is 2.11 bits per heavy atom. The van der Waals surface area contributed by atoms with Gasteiger partial charge in [0.25, 0.3) is 0 Å². The van der Waals surface area contributed by atoms with Crippen LogP contribution in [0.5, 0.6) is 5.75 Å². The van der Waals surface area contributed by atoms with Crippen LogP contribution in [0.3, 0.4) is 0 Å². The Balaban J connectivity index is 1.40. The highest BCUT2D eigenvalue weighted by molar-refractivity contribution is 7.16. The molecule has 140 valence electrons. The normalized spacial score (nSPS) is 14.0. The van der Waals surface area contributed by atoms with Gasteiger partial charge in [-0.25, -0.2) is 4.98 Å². The summed E-state index contributed by atoms with van der Waals surface area (Å²) in [5.41, 5.74) is 3.27. The number of thiophene rings is 1. The number of amides is 1. The average Bonchev–Trinajstić information content (AvgIpc) is 3.27. The second-order valence-corrected chi connectivity index (χ2v) is 8.73. The molecule has 0 saturated carbocycles. The van der Waals surface area contributed by atoms with Crippen LogP contribution in [0.25, 0.3) is 11.3 Å². The molecule has 1 amide bonds. The minimum Gasteiger partial charge on any atom is -0.497 e. The van der Waals surface area contributed by atoms with E-state index in [2.05, 4.69) is 26.6 Å². The van der Waals surface area contributed by atoms with Crippen LogP contribution < -0.4 is 10.1 Å². The van der Waals surface area contributed by atoms with Gasteiger partial charge in [0.1, 0.15) is 5.75 Å². The molecule has 1 aliphatic rings. The molecule has 7 heteroatoms. The van der Waals surface area contributed by atoms with E-state index in [0.29, 0.717) is 11.7 Å². The van der Waals surface area contributed by atoms with Crippen LogP contribution in [0, 0.1) is 6.92 Å². The van der Waals surface area contributed by atoms with Gasteiger partial charge in [-0.15, -0.1) is 22.7 Å². The summed E-state index contributed by atoms with van der Waals surface area (Å²) in [6.45, 7) is 4.19. The van der Waals surface area contributed by atoms with Crippen molar-refractivity contribution in [2.24, 2.45) is 0 Å². The van der Waals surface area contributed by atoms with Crippen molar-refractivity contribution in [3.63, 3.8) is 0 Å². The van der Waals surface area contributed by atoms with Crippen LogP contribution in [-0.4, -0.2) is 36.0 Å². The fourth-order valence-electron chi connectivity index (χ4n) is 3.27. The van der Waals surface area contributed by atoms with E-state index in [-0.39, 0.29) is 5.91 Å². The largest absolute Gasteiger partial charge is 0.497 e. The van der Waals surface area contributed by atoms with E-state index in [0.717, 1.165) is 41.4 Å². The predicted octanol–water partition coefficient (Wildman–Crippen LogP) is 4.19. The Hall–Kier alpha value is -2.22. The molecule has 0 saturated heterocycles. The third-order valence-corrected chi connectivity index (χ3v) is 6.57. The van der Waals surface area contributed by atoms with Gasteiger partial charge in [-0.2, -0.15) is 0 Å². The zero-order chi connectivity index (χ0) is 18.8. The van der Waals surface area contributed by atoms with Crippen molar-refractivity contribution >= 4 is 33.7 Å². The summed E-state index contributed by atoms with van der Waals surface area (Å²) in [5, 5.41) is 5.75. The summed E-state index contributed by atoms with van der Waals surface area (Å²) in [5.74, 6) is 0.805. The number of aromatic nitrogens is 1. The van der Waals surface area contributed by atoms with Gasteiger partial charge in [-0.05, 0) is 54.6 Å². The van der Waals surface area contributed by atoms with Crippen LogP contribution >= 0.6 is 22.7 Å². The van der Waals surface area contributed by atoms with Crippen LogP contribution in [0.4, 0.5) is 5.13 Å². The first kappa shape index (κ1) is 18.2. The van der Waals surface area contributed by atoms with Crippen molar-refractivity contribution in [2.45, 2.75) is 19.9 Å². The molecule has 0 radical (unpaired) electrons. The van der Waals surface area contributed by atoms with Gasteiger partial charge in [-0.3, -0.25) is 9.69 Å². The zero-order valence-electron chi connectivity index (χ0n) is 15.3. The number of fused-ring (bicyclic) bond motifs is 1. The second kappa shape index (κ2) is 7.80. The molecular weight excluding hydrogens is 378 g/mol. The molecule has 5 nitrogen and oxygen atoms in total. The molecule has 0 unspecified atom stereocenters. The van der Waals surface area contributed by atoms with Crippen molar-refractivity contribution in [1.82, 2.24) is 9.88 Å². The van der Waals surface area contributed by atoms with Crippen LogP contribution in [-0.2, 0) is 17.8 Å². The molecule has 2 aromatic heterocycles. The van der Waals surface area contributed by atoms with Gasteiger partial charge in [0.2, 0.25) is 5.91 Å². The van der Waals surface area contributed by atoms with Crippen molar-refractivity contribution in [1.29, 1.82) is 0 Å². The Morgan fingerprint density at radius 1 is 1.30 bits per heavy atom. The molecule has 0 bridgehead atoms. The number of anilines is 1. The highest BCUT2D eigenvalue weighted by Gasteiger charge is 2.20. The number of carbonyl (C=O) groups excluding carboxylic acids is 1. The Kier molecular flexibility index (Phi) is 5.24. The number of nitrogens with zero attached hydrogens (tertiary/aromatic N) is 2. The Labute approximate surface area is 166 Å². The SMILES string of the molecule is COc1ccc(-c2nc(NC(=O)CN3CCc4sccc4C3)sc2C)cc1. The first-order valence-corrected chi connectivity index (χ1v) is 10.5. The summed E-state index contributed by atoms with van der Waals surface area (Å²) in [4.78, 5) is 21.8. The monoisotopic (exact) mass is 399 g/mol. The number of methoxy groups -OCH3 is 1. The molecule has 0 aliphatic carbocycles. The third-order valence-electron chi connectivity index (χ3n) is 4.66. The summed E-state index contributed by atoms with van der Waals surface area (Å²) >= 11 is 3.32. The summed E-state index contributed by atoms with van der Waals surface area (Å²) < 4.78 is 5.20. The Bertz CT molecular complexity index is 947. The highest BCUT2D eigenvalue weighted by Crippen LogP contribution is 2.31. The molecule has 0 spiro atoms. The van der Waals surface area contributed by atoms with E-state index in [9.17, 15) is 4.79 Å². The number of nitrogens with one attached hydrogen (secondary N) is 1. The summed E-state index contributed by atoms with van der Waals surface area (Å²) in [7, 11) is 1.65. The number of ether oxygens (including phenoxy) is 1. The molecule has 27 heavy (non-hydrogen) atoms. The van der Waals surface area contributed by atoms with Gasteiger partial charge in [0.15, 0.2) is 5.13 Å². The molecule has 1 N–H and O–H groups in total. The van der Waals surface area contributed by atoms with Gasteiger partial charge in [0.05, 0.1) is 19.3 Å². The number of thiazole rings is 1. The van der Waals surface area contributed by atoms with Gasteiger partial charge >= 0.3 is 0 Å². The van der Waals surface area contributed by atoms with Crippen LogP contribution in [0.15, 0.2) is 35.7 Å². The lowest BCUT2D eigenvalue weighted by Crippen LogP contribution is -2.36. The number of benzene rings is 1. The lowest BCUT2D eigenvalue weighted by atomic mass is 10.1. The number of aryl methyl sites for hydroxylation is 1. The summed E-state index contributed by atoms with van der Waals surface area (Å²) in [6, 6.07) is 9.97. The predicted molar refractivity (Wildman–Crippen MR) is 111 cm³/mol. The van der Waals surface area contributed by atoms with Crippen molar-refractivity contribution in [2.75, 3.05) is 25.5 Å². The number of hydrogen-bond donors (Lipinski definition) is 1. The molecular formula is C20H21N3O2S2. The molecule has 3 heterocycles. The molecule has 0 fully saturated rings. The fourth-order valence-corrected chi connectivity index (χ4v) is 5.01. The number of rotatable bonds is 5. The van der Waals surface area contributed by atoms with E-state index in [1.165, 1.54) is 21.8 Å². The second-order valence-electron chi connectivity index (χ2n) is 6.53. The lowest BCUT2D eigenvalue weighted by Gasteiger charge is -2.25.